The molecule has 18 heavy (non-hydrogen) atoms. The number of rotatable bonds is 3. The first-order chi connectivity index (χ1) is 8.83. The number of carbonyl (C=O) groups is 1. The smallest absolute Gasteiger partial charge is 0.221 e. The van der Waals surface area contributed by atoms with Crippen molar-refractivity contribution in [2.75, 3.05) is 19.7 Å². The van der Waals surface area contributed by atoms with E-state index >= 15 is 0 Å². The van der Waals surface area contributed by atoms with Crippen LogP contribution in [0.2, 0.25) is 0 Å². The van der Waals surface area contributed by atoms with Gasteiger partial charge in [-0.15, -0.1) is 0 Å². The van der Waals surface area contributed by atoms with E-state index in [-0.39, 0.29) is 11.9 Å². The van der Waals surface area contributed by atoms with E-state index in [0.717, 1.165) is 31.9 Å². The lowest BCUT2D eigenvalue weighted by molar-refractivity contribution is -0.119. The van der Waals surface area contributed by atoms with E-state index in [1.165, 1.54) is 5.56 Å². The largest absolute Gasteiger partial charge is 0.493 e. The highest BCUT2D eigenvalue weighted by atomic mass is 16.5. The van der Waals surface area contributed by atoms with E-state index in [2.05, 4.69) is 22.8 Å². The Balaban J connectivity index is 1.62. The molecule has 3 rings (SSSR count). The van der Waals surface area contributed by atoms with E-state index in [9.17, 15) is 4.79 Å². The molecule has 4 nitrogen and oxygen atoms in total. The van der Waals surface area contributed by atoms with Gasteiger partial charge in [-0.25, -0.2) is 0 Å². The van der Waals surface area contributed by atoms with E-state index in [1.807, 2.05) is 12.1 Å². The SMILES string of the molecule is O=C1CC(NCC2CCOc3ccccc32)CN1. The molecule has 4 heteroatoms. The monoisotopic (exact) mass is 246 g/mol. The van der Waals surface area contributed by atoms with Crippen LogP contribution in [0.4, 0.5) is 0 Å². The van der Waals surface area contributed by atoms with Crippen LogP contribution in [0.15, 0.2) is 24.3 Å². The molecule has 1 saturated heterocycles. The van der Waals surface area contributed by atoms with Crippen molar-refractivity contribution >= 4 is 5.91 Å². The first-order valence-corrected chi connectivity index (χ1v) is 6.55. The number of carbonyl (C=O) groups excluding carboxylic acids is 1. The van der Waals surface area contributed by atoms with Crippen molar-refractivity contribution < 1.29 is 9.53 Å². The number of fused-ring (bicyclic) bond motifs is 1. The summed E-state index contributed by atoms with van der Waals surface area (Å²) in [6.45, 7) is 2.45. The van der Waals surface area contributed by atoms with Crippen LogP contribution in [-0.4, -0.2) is 31.6 Å². The molecule has 0 spiro atoms. The normalized spacial score (nSPS) is 26.3. The van der Waals surface area contributed by atoms with Crippen molar-refractivity contribution in [1.82, 2.24) is 10.6 Å². The Hall–Kier alpha value is -1.55. The third-order valence-electron chi connectivity index (χ3n) is 3.71. The van der Waals surface area contributed by atoms with Gasteiger partial charge in [0.05, 0.1) is 6.61 Å². The molecule has 2 aliphatic rings. The molecular weight excluding hydrogens is 228 g/mol. The lowest BCUT2D eigenvalue weighted by Crippen LogP contribution is -2.35. The van der Waals surface area contributed by atoms with Gasteiger partial charge in [-0.2, -0.15) is 0 Å². The molecule has 2 unspecified atom stereocenters. The summed E-state index contributed by atoms with van der Waals surface area (Å²) >= 11 is 0. The Bertz CT molecular complexity index is 447. The molecule has 0 saturated carbocycles. The Labute approximate surface area is 107 Å². The minimum absolute atomic E-state index is 0.153. The highest BCUT2D eigenvalue weighted by molar-refractivity contribution is 5.78. The quantitative estimate of drug-likeness (QED) is 0.837. The average Bonchev–Trinajstić information content (AvgIpc) is 2.82. The van der Waals surface area contributed by atoms with Crippen LogP contribution >= 0.6 is 0 Å². The molecule has 2 heterocycles. The Morgan fingerprint density at radius 1 is 1.39 bits per heavy atom. The maximum atomic E-state index is 11.1. The summed E-state index contributed by atoms with van der Waals surface area (Å²) in [5.74, 6) is 1.65. The summed E-state index contributed by atoms with van der Waals surface area (Å²) in [6, 6.07) is 8.52. The number of benzene rings is 1. The molecule has 2 atom stereocenters. The minimum Gasteiger partial charge on any atom is -0.493 e. The second kappa shape index (κ2) is 4.98. The predicted molar refractivity (Wildman–Crippen MR) is 68.7 cm³/mol. The molecule has 1 amide bonds. The van der Waals surface area contributed by atoms with E-state index in [1.54, 1.807) is 0 Å². The number of amides is 1. The fraction of sp³-hybridized carbons (Fsp3) is 0.500. The van der Waals surface area contributed by atoms with Crippen molar-refractivity contribution in [1.29, 1.82) is 0 Å². The van der Waals surface area contributed by atoms with Gasteiger partial charge in [0.2, 0.25) is 5.91 Å². The summed E-state index contributed by atoms with van der Waals surface area (Å²) < 4.78 is 5.65. The summed E-state index contributed by atoms with van der Waals surface area (Å²) in [5.41, 5.74) is 1.29. The van der Waals surface area contributed by atoms with Crippen LogP contribution in [0.25, 0.3) is 0 Å². The third-order valence-corrected chi connectivity index (χ3v) is 3.71. The second-order valence-corrected chi connectivity index (χ2v) is 4.99. The lowest BCUT2D eigenvalue weighted by Gasteiger charge is -2.27. The maximum Gasteiger partial charge on any atom is 0.221 e. The van der Waals surface area contributed by atoms with Crippen LogP contribution in [0.3, 0.4) is 0 Å². The Kier molecular flexibility index (Phi) is 3.19. The highest BCUT2D eigenvalue weighted by Crippen LogP contribution is 2.32. The molecule has 0 radical (unpaired) electrons. The number of para-hydroxylation sites is 1. The van der Waals surface area contributed by atoms with Crippen molar-refractivity contribution in [2.24, 2.45) is 0 Å². The molecule has 0 aromatic heterocycles. The van der Waals surface area contributed by atoms with Gasteiger partial charge in [0, 0.05) is 31.5 Å². The Morgan fingerprint density at radius 3 is 3.11 bits per heavy atom. The van der Waals surface area contributed by atoms with E-state index < -0.39 is 0 Å². The topological polar surface area (TPSA) is 50.4 Å². The van der Waals surface area contributed by atoms with Gasteiger partial charge < -0.3 is 15.4 Å². The van der Waals surface area contributed by atoms with Gasteiger partial charge in [0.25, 0.3) is 0 Å². The predicted octanol–water partition coefficient (Wildman–Crippen LogP) is 1.03. The van der Waals surface area contributed by atoms with Crippen LogP contribution in [0, 0.1) is 0 Å². The zero-order chi connectivity index (χ0) is 12.4. The zero-order valence-electron chi connectivity index (χ0n) is 10.3. The Morgan fingerprint density at radius 2 is 2.28 bits per heavy atom. The van der Waals surface area contributed by atoms with Gasteiger partial charge >= 0.3 is 0 Å². The van der Waals surface area contributed by atoms with Crippen molar-refractivity contribution in [2.45, 2.75) is 24.8 Å². The fourth-order valence-electron chi connectivity index (χ4n) is 2.69. The summed E-state index contributed by atoms with van der Waals surface area (Å²) in [4.78, 5) is 11.1. The molecule has 2 aliphatic heterocycles. The third kappa shape index (κ3) is 2.34. The molecule has 96 valence electrons. The van der Waals surface area contributed by atoms with Crippen molar-refractivity contribution in [3.05, 3.63) is 29.8 Å². The summed E-state index contributed by atoms with van der Waals surface area (Å²) in [6.07, 6.45) is 1.64. The second-order valence-electron chi connectivity index (χ2n) is 4.99. The van der Waals surface area contributed by atoms with Crippen molar-refractivity contribution in [3.8, 4) is 5.75 Å². The molecule has 0 aliphatic carbocycles. The van der Waals surface area contributed by atoms with Crippen molar-refractivity contribution in [3.63, 3.8) is 0 Å². The van der Waals surface area contributed by atoms with Gasteiger partial charge in [-0.3, -0.25) is 4.79 Å². The first kappa shape index (κ1) is 11.5. The zero-order valence-corrected chi connectivity index (χ0v) is 10.3. The number of hydrogen-bond donors (Lipinski definition) is 2. The van der Waals surface area contributed by atoms with Gasteiger partial charge in [0.15, 0.2) is 0 Å². The highest BCUT2D eigenvalue weighted by Gasteiger charge is 2.25. The van der Waals surface area contributed by atoms with Crippen LogP contribution in [-0.2, 0) is 4.79 Å². The summed E-state index contributed by atoms with van der Waals surface area (Å²) in [7, 11) is 0. The number of nitrogens with one attached hydrogen (secondary N) is 2. The number of hydrogen-bond acceptors (Lipinski definition) is 3. The molecule has 2 N–H and O–H groups in total. The van der Waals surface area contributed by atoms with Crippen LogP contribution in [0.5, 0.6) is 5.75 Å². The molecular formula is C14H18N2O2. The first-order valence-electron chi connectivity index (χ1n) is 6.55. The number of ether oxygens (including phenoxy) is 1. The molecule has 1 fully saturated rings. The van der Waals surface area contributed by atoms with Crippen LogP contribution in [0.1, 0.15) is 24.3 Å². The fourth-order valence-corrected chi connectivity index (χ4v) is 2.69. The van der Waals surface area contributed by atoms with Gasteiger partial charge in [-0.1, -0.05) is 18.2 Å². The average molecular weight is 246 g/mol. The molecule has 1 aromatic rings. The minimum atomic E-state index is 0.153. The molecule has 0 bridgehead atoms. The van der Waals surface area contributed by atoms with Gasteiger partial charge in [0.1, 0.15) is 5.75 Å². The maximum absolute atomic E-state index is 11.1. The lowest BCUT2D eigenvalue weighted by atomic mass is 9.93. The summed E-state index contributed by atoms with van der Waals surface area (Å²) in [5, 5.41) is 6.33. The van der Waals surface area contributed by atoms with Crippen LogP contribution < -0.4 is 15.4 Å². The van der Waals surface area contributed by atoms with E-state index in [0.29, 0.717) is 12.3 Å². The van der Waals surface area contributed by atoms with E-state index in [4.69, 9.17) is 4.74 Å². The van der Waals surface area contributed by atoms with Gasteiger partial charge in [-0.05, 0) is 18.1 Å². The molecule has 1 aromatic carbocycles. The standard InChI is InChI=1S/C14H18N2O2/c17-14-7-11(9-16-14)15-8-10-5-6-18-13-4-2-1-3-12(10)13/h1-4,10-11,15H,5-9H2,(H,16,17).